The fraction of sp³-hybridized carbons (Fsp3) is 0.273. The van der Waals surface area contributed by atoms with E-state index in [1.165, 1.54) is 4.90 Å². The van der Waals surface area contributed by atoms with E-state index in [-0.39, 0.29) is 5.11 Å². The van der Waals surface area contributed by atoms with Crippen LogP contribution in [-0.4, -0.2) is 16.1 Å². The Morgan fingerprint density at radius 2 is 2.41 bits per heavy atom. The molecular weight excluding hydrogens is 274 g/mol. The highest BCUT2D eigenvalue weighted by Crippen LogP contribution is 2.36. The number of thioether (sulfide) groups is 1. The highest BCUT2D eigenvalue weighted by Gasteiger charge is 2.21. The van der Waals surface area contributed by atoms with E-state index in [0.29, 0.717) is 10.3 Å². The van der Waals surface area contributed by atoms with Gasteiger partial charge in [-0.15, -0.1) is 11.8 Å². The zero-order chi connectivity index (χ0) is 12.4. The van der Waals surface area contributed by atoms with Gasteiger partial charge in [-0.3, -0.25) is 5.43 Å². The summed E-state index contributed by atoms with van der Waals surface area (Å²) in [7, 11) is 0. The Bertz CT molecular complexity index is 488. The van der Waals surface area contributed by atoms with E-state index in [1.54, 1.807) is 0 Å². The molecule has 0 aliphatic carbocycles. The number of nitrogens with zero attached hydrogens (tertiary/aromatic N) is 1. The first-order valence-electron chi connectivity index (χ1n) is 5.15. The first-order chi connectivity index (χ1) is 8.06. The van der Waals surface area contributed by atoms with Gasteiger partial charge >= 0.3 is 0 Å². The number of rotatable bonds is 1. The van der Waals surface area contributed by atoms with Gasteiger partial charge in [-0.2, -0.15) is 5.10 Å². The molecule has 1 atom stereocenters. The van der Waals surface area contributed by atoms with Crippen molar-refractivity contribution in [3.8, 4) is 0 Å². The van der Waals surface area contributed by atoms with Gasteiger partial charge in [0, 0.05) is 27.2 Å². The van der Waals surface area contributed by atoms with Gasteiger partial charge in [0.1, 0.15) is 0 Å². The van der Waals surface area contributed by atoms with E-state index in [9.17, 15) is 0 Å². The molecule has 0 bridgehead atoms. The number of hydrazone groups is 1. The molecule has 17 heavy (non-hydrogen) atoms. The lowest BCUT2D eigenvalue weighted by atomic mass is 10.1. The molecule has 0 radical (unpaired) electrons. The molecule has 1 aliphatic heterocycles. The average molecular weight is 286 g/mol. The lowest BCUT2D eigenvalue weighted by molar-refractivity contribution is 0.949. The van der Waals surface area contributed by atoms with Gasteiger partial charge in [0.25, 0.3) is 0 Å². The summed E-state index contributed by atoms with van der Waals surface area (Å²) in [5.74, 6) is 0. The molecule has 0 saturated carbocycles. The molecule has 1 aromatic carbocycles. The average Bonchev–Trinajstić information content (AvgIpc) is 2.26. The molecule has 0 spiro atoms. The predicted molar refractivity (Wildman–Crippen MR) is 77.8 cm³/mol. The van der Waals surface area contributed by atoms with Crippen LogP contribution < -0.4 is 11.2 Å². The van der Waals surface area contributed by atoms with Crippen LogP contribution in [0.3, 0.4) is 0 Å². The van der Waals surface area contributed by atoms with Crippen molar-refractivity contribution < 1.29 is 0 Å². The van der Waals surface area contributed by atoms with Crippen LogP contribution in [0.15, 0.2) is 28.2 Å². The maximum Gasteiger partial charge on any atom is 0.184 e. The largest absolute Gasteiger partial charge is 0.375 e. The molecule has 6 heteroatoms. The van der Waals surface area contributed by atoms with Crippen molar-refractivity contribution in [2.24, 2.45) is 10.8 Å². The van der Waals surface area contributed by atoms with Gasteiger partial charge in [-0.25, -0.2) is 0 Å². The van der Waals surface area contributed by atoms with Crippen molar-refractivity contribution >= 4 is 46.4 Å². The molecule has 3 N–H and O–H groups in total. The third-order valence-corrected chi connectivity index (χ3v) is 3.87. The molecule has 1 heterocycles. The SMILES string of the molecule is C[C@@H]1CC(=NNC(N)=S)c2cc(Cl)ccc2S1. The third kappa shape index (κ3) is 3.12. The zero-order valence-corrected chi connectivity index (χ0v) is 11.6. The Hall–Kier alpha value is -0.780. The van der Waals surface area contributed by atoms with Crippen molar-refractivity contribution in [1.29, 1.82) is 0 Å². The summed E-state index contributed by atoms with van der Waals surface area (Å²) in [4.78, 5) is 1.19. The van der Waals surface area contributed by atoms with Crippen molar-refractivity contribution in [2.45, 2.75) is 23.5 Å². The summed E-state index contributed by atoms with van der Waals surface area (Å²) in [6, 6.07) is 5.84. The molecule has 0 amide bonds. The summed E-state index contributed by atoms with van der Waals surface area (Å²) < 4.78 is 0. The van der Waals surface area contributed by atoms with Gasteiger partial charge < -0.3 is 5.73 Å². The Kier molecular flexibility index (Phi) is 3.91. The molecule has 0 saturated heterocycles. The number of thiocarbonyl (C=S) groups is 1. The van der Waals surface area contributed by atoms with Crippen LogP contribution in [0, 0.1) is 0 Å². The molecule has 0 fully saturated rings. The van der Waals surface area contributed by atoms with Crippen LogP contribution in [0.1, 0.15) is 18.9 Å². The number of benzene rings is 1. The second kappa shape index (κ2) is 5.25. The minimum atomic E-state index is 0.173. The summed E-state index contributed by atoms with van der Waals surface area (Å²) in [6.07, 6.45) is 0.869. The van der Waals surface area contributed by atoms with E-state index in [1.807, 2.05) is 30.0 Å². The number of hydrogen-bond acceptors (Lipinski definition) is 3. The second-order valence-corrected chi connectivity index (χ2v) is 6.16. The molecule has 3 nitrogen and oxygen atoms in total. The van der Waals surface area contributed by atoms with Gasteiger partial charge in [-0.1, -0.05) is 18.5 Å². The Labute approximate surface area is 115 Å². The maximum absolute atomic E-state index is 6.01. The van der Waals surface area contributed by atoms with Gasteiger partial charge in [-0.05, 0) is 30.4 Å². The first-order valence-corrected chi connectivity index (χ1v) is 6.81. The monoisotopic (exact) mass is 285 g/mol. The topological polar surface area (TPSA) is 50.4 Å². The highest BCUT2D eigenvalue weighted by molar-refractivity contribution is 8.00. The predicted octanol–water partition coefficient (Wildman–Crippen LogP) is 2.76. The number of nitrogens with two attached hydrogens (primary N) is 1. The van der Waals surface area contributed by atoms with Gasteiger partial charge in [0.2, 0.25) is 0 Å². The van der Waals surface area contributed by atoms with E-state index in [2.05, 4.69) is 17.5 Å². The summed E-state index contributed by atoms with van der Waals surface area (Å²) >= 11 is 12.6. The zero-order valence-electron chi connectivity index (χ0n) is 9.24. The van der Waals surface area contributed by atoms with Crippen LogP contribution in [0.4, 0.5) is 0 Å². The Balaban J connectivity index is 2.39. The minimum Gasteiger partial charge on any atom is -0.375 e. The molecule has 0 aromatic heterocycles. The molecule has 2 rings (SSSR count). The normalized spacial score (nSPS) is 21.1. The van der Waals surface area contributed by atoms with E-state index in [0.717, 1.165) is 17.7 Å². The summed E-state index contributed by atoms with van der Waals surface area (Å²) in [5.41, 5.74) is 10.0. The lowest BCUT2D eigenvalue weighted by Gasteiger charge is -2.22. The van der Waals surface area contributed by atoms with Crippen LogP contribution >= 0.6 is 35.6 Å². The molecule has 1 aromatic rings. The molecule has 0 unspecified atom stereocenters. The Morgan fingerprint density at radius 1 is 1.65 bits per heavy atom. The molecular formula is C11H12ClN3S2. The van der Waals surface area contributed by atoms with Crippen LogP contribution in [-0.2, 0) is 0 Å². The fourth-order valence-electron chi connectivity index (χ4n) is 1.70. The van der Waals surface area contributed by atoms with Crippen molar-refractivity contribution in [2.75, 3.05) is 0 Å². The number of hydrogen-bond donors (Lipinski definition) is 2. The van der Waals surface area contributed by atoms with Crippen LogP contribution in [0.5, 0.6) is 0 Å². The smallest absolute Gasteiger partial charge is 0.184 e. The van der Waals surface area contributed by atoms with E-state index in [4.69, 9.17) is 29.6 Å². The number of fused-ring (bicyclic) bond motifs is 1. The summed E-state index contributed by atoms with van der Waals surface area (Å²) in [6.45, 7) is 2.17. The quantitative estimate of drug-likeness (QED) is 0.615. The number of halogens is 1. The van der Waals surface area contributed by atoms with E-state index >= 15 is 0 Å². The second-order valence-electron chi connectivity index (χ2n) is 3.81. The fourth-order valence-corrected chi connectivity index (χ4v) is 3.04. The van der Waals surface area contributed by atoms with Crippen molar-refractivity contribution in [1.82, 2.24) is 5.43 Å². The van der Waals surface area contributed by atoms with Crippen molar-refractivity contribution in [3.63, 3.8) is 0 Å². The van der Waals surface area contributed by atoms with Crippen LogP contribution in [0.25, 0.3) is 0 Å². The number of nitrogens with one attached hydrogen (secondary N) is 1. The summed E-state index contributed by atoms with van der Waals surface area (Å²) in [5, 5.41) is 5.61. The standard InChI is InChI=1S/C11H12ClN3S2/c1-6-4-9(14-15-11(13)16)8-5-7(12)2-3-10(8)17-6/h2-3,5-6H,4H2,1H3,(H3,13,15,16)/t6-/m1/s1. The lowest BCUT2D eigenvalue weighted by Crippen LogP contribution is -2.27. The highest BCUT2D eigenvalue weighted by atomic mass is 35.5. The van der Waals surface area contributed by atoms with Gasteiger partial charge in [0.05, 0.1) is 5.71 Å². The van der Waals surface area contributed by atoms with E-state index < -0.39 is 0 Å². The maximum atomic E-state index is 6.01. The molecule has 90 valence electrons. The van der Waals surface area contributed by atoms with Gasteiger partial charge in [0.15, 0.2) is 5.11 Å². The molecule has 1 aliphatic rings. The van der Waals surface area contributed by atoms with Crippen molar-refractivity contribution in [3.05, 3.63) is 28.8 Å². The minimum absolute atomic E-state index is 0.173. The van der Waals surface area contributed by atoms with Crippen LogP contribution in [0.2, 0.25) is 5.02 Å². The third-order valence-electron chi connectivity index (χ3n) is 2.36. The Morgan fingerprint density at radius 3 is 3.12 bits per heavy atom. The first kappa shape index (κ1) is 12.7.